The van der Waals surface area contributed by atoms with Gasteiger partial charge in [0.2, 0.25) is 0 Å². The van der Waals surface area contributed by atoms with Crippen LogP contribution in [0, 0.1) is 5.41 Å². The summed E-state index contributed by atoms with van der Waals surface area (Å²) in [6, 6.07) is 26.7. The minimum atomic E-state index is -0.449. The van der Waals surface area contributed by atoms with Crippen LogP contribution in [-0.4, -0.2) is 18.4 Å². The Morgan fingerprint density at radius 1 is 0.923 bits per heavy atom. The van der Waals surface area contributed by atoms with Gasteiger partial charge in [0.25, 0.3) is 0 Å². The number of benzene rings is 4. The molecule has 6 rings (SSSR count). The standard InChI is InChI=1S/C34H31NO4/c1-4-38-29-18-23(15-17-28(29)39-33(37)22-11-6-5-7-12-22)32-31-25(19-34(2,3)20-27(31)36)30-24-13-9-8-10-21(24)14-16-26(30)35-32/h5-18,32,35H,4,19-20H2,1-3H3/t32-/m0/s1. The van der Waals surface area contributed by atoms with Gasteiger partial charge in [0.15, 0.2) is 17.3 Å². The van der Waals surface area contributed by atoms with Crippen LogP contribution in [0.15, 0.2) is 90.5 Å². The van der Waals surface area contributed by atoms with Crippen LogP contribution in [0.2, 0.25) is 0 Å². The van der Waals surface area contributed by atoms with Gasteiger partial charge in [-0.2, -0.15) is 0 Å². The average Bonchev–Trinajstić information content (AvgIpc) is 2.93. The molecule has 4 aromatic carbocycles. The number of nitrogens with one attached hydrogen (secondary N) is 1. The zero-order valence-corrected chi connectivity index (χ0v) is 22.4. The molecule has 5 nitrogen and oxygen atoms in total. The lowest BCUT2D eigenvalue weighted by Gasteiger charge is -2.40. The summed E-state index contributed by atoms with van der Waals surface area (Å²) in [6.45, 7) is 6.63. The van der Waals surface area contributed by atoms with Gasteiger partial charge in [0.1, 0.15) is 0 Å². The number of anilines is 1. The first kappa shape index (κ1) is 24.9. The van der Waals surface area contributed by atoms with E-state index in [1.807, 2.05) is 31.2 Å². The van der Waals surface area contributed by atoms with Crippen molar-refractivity contribution in [2.24, 2.45) is 5.41 Å². The van der Waals surface area contributed by atoms with Gasteiger partial charge in [-0.05, 0) is 71.0 Å². The second-order valence-electron chi connectivity index (χ2n) is 11.0. The van der Waals surface area contributed by atoms with E-state index < -0.39 is 5.97 Å². The van der Waals surface area contributed by atoms with Crippen LogP contribution in [0.25, 0.3) is 16.3 Å². The fourth-order valence-electron chi connectivity index (χ4n) is 5.88. The highest BCUT2D eigenvalue weighted by Gasteiger charge is 2.41. The number of carbonyl (C=O) groups is 2. The molecule has 0 saturated carbocycles. The second-order valence-corrected chi connectivity index (χ2v) is 11.0. The average molecular weight is 518 g/mol. The SMILES string of the molecule is CCOc1cc([C@@H]2Nc3ccc4ccccc4c3C3=C2C(=O)CC(C)(C)C3)ccc1OC(=O)c1ccccc1. The van der Waals surface area contributed by atoms with Crippen molar-refractivity contribution >= 4 is 33.8 Å². The number of hydrogen-bond acceptors (Lipinski definition) is 5. The maximum atomic E-state index is 13.8. The summed E-state index contributed by atoms with van der Waals surface area (Å²) in [5.74, 6) is 0.531. The van der Waals surface area contributed by atoms with Crippen molar-refractivity contribution in [3.63, 3.8) is 0 Å². The number of hydrogen-bond donors (Lipinski definition) is 1. The topological polar surface area (TPSA) is 64.6 Å². The van der Waals surface area contributed by atoms with Crippen LogP contribution in [0.5, 0.6) is 11.5 Å². The van der Waals surface area contributed by atoms with Crippen LogP contribution in [-0.2, 0) is 4.79 Å². The third kappa shape index (κ3) is 4.59. The number of fused-ring (bicyclic) bond motifs is 4. The van der Waals surface area contributed by atoms with Crippen molar-refractivity contribution in [1.29, 1.82) is 0 Å². The Labute approximate surface area is 228 Å². The van der Waals surface area contributed by atoms with Crippen LogP contribution < -0.4 is 14.8 Å². The summed E-state index contributed by atoms with van der Waals surface area (Å²) >= 11 is 0. The summed E-state index contributed by atoms with van der Waals surface area (Å²) in [7, 11) is 0. The summed E-state index contributed by atoms with van der Waals surface area (Å²) in [5.41, 5.74) is 5.29. The lowest BCUT2D eigenvalue weighted by molar-refractivity contribution is -0.118. The molecular weight excluding hydrogens is 486 g/mol. The van der Waals surface area contributed by atoms with Gasteiger partial charge in [0, 0.05) is 23.2 Å². The Kier molecular flexibility index (Phi) is 6.22. The molecule has 5 heteroatoms. The first-order chi connectivity index (χ1) is 18.8. The van der Waals surface area contributed by atoms with Gasteiger partial charge in [-0.15, -0.1) is 0 Å². The van der Waals surface area contributed by atoms with E-state index in [0.717, 1.165) is 45.2 Å². The lowest BCUT2D eigenvalue weighted by atomic mass is 9.68. The maximum absolute atomic E-state index is 13.8. The molecule has 0 amide bonds. The van der Waals surface area contributed by atoms with Crippen molar-refractivity contribution in [3.05, 3.63) is 107 Å². The highest BCUT2D eigenvalue weighted by atomic mass is 16.6. The Morgan fingerprint density at radius 2 is 1.69 bits per heavy atom. The van der Waals surface area contributed by atoms with Gasteiger partial charge in [-0.25, -0.2) is 4.79 Å². The lowest BCUT2D eigenvalue weighted by Crippen LogP contribution is -2.33. The van der Waals surface area contributed by atoms with E-state index in [0.29, 0.717) is 30.1 Å². The van der Waals surface area contributed by atoms with Crippen LogP contribution in [0.3, 0.4) is 0 Å². The monoisotopic (exact) mass is 517 g/mol. The van der Waals surface area contributed by atoms with Gasteiger partial charge in [0.05, 0.1) is 18.2 Å². The van der Waals surface area contributed by atoms with E-state index in [1.54, 1.807) is 30.3 Å². The highest BCUT2D eigenvalue weighted by Crippen LogP contribution is 2.52. The zero-order chi connectivity index (χ0) is 27.1. The molecule has 0 aromatic heterocycles. The number of esters is 1. The molecule has 1 heterocycles. The molecule has 0 radical (unpaired) electrons. The minimum Gasteiger partial charge on any atom is -0.490 e. The quantitative estimate of drug-likeness (QED) is 0.216. The first-order valence-electron chi connectivity index (χ1n) is 13.4. The van der Waals surface area contributed by atoms with Crippen molar-refractivity contribution < 1.29 is 19.1 Å². The third-order valence-corrected chi connectivity index (χ3v) is 7.55. The Balaban J connectivity index is 1.45. The van der Waals surface area contributed by atoms with E-state index >= 15 is 0 Å². The first-order valence-corrected chi connectivity index (χ1v) is 13.4. The molecule has 2 aliphatic rings. The van der Waals surface area contributed by atoms with Gasteiger partial charge in [-0.3, -0.25) is 4.79 Å². The largest absolute Gasteiger partial charge is 0.490 e. The zero-order valence-electron chi connectivity index (χ0n) is 22.4. The molecule has 0 fully saturated rings. The molecular formula is C34H31NO4. The van der Waals surface area contributed by atoms with Crippen LogP contribution in [0.1, 0.15) is 61.1 Å². The number of ether oxygens (including phenoxy) is 2. The predicted molar refractivity (Wildman–Crippen MR) is 154 cm³/mol. The molecule has 0 unspecified atom stereocenters. The van der Waals surface area contributed by atoms with E-state index in [4.69, 9.17) is 9.47 Å². The van der Waals surface area contributed by atoms with Crippen molar-refractivity contribution in [3.8, 4) is 11.5 Å². The molecule has 39 heavy (non-hydrogen) atoms. The number of allylic oxidation sites excluding steroid dienone is 1. The fourth-order valence-corrected chi connectivity index (χ4v) is 5.88. The number of Topliss-reactive ketones (excluding diaryl/α,β-unsaturated/α-hetero) is 1. The normalized spacial score (nSPS) is 17.7. The van der Waals surface area contributed by atoms with Gasteiger partial charge >= 0.3 is 5.97 Å². The fraction of sp³-hybridized carbons (Fsp3) is 0.235. The Hall–Kier alpha value is -4.38. The molecule has 1 N–H and O–H groups in total. The maximum Gasteiger partial charge on any atom is 0.343 e. The number of carbonyl (C=O) groups excluding carboxylic acids is 2. The van der Waals surface area contributed by atoms with Gasteiger partial charge < -0.3 is 14.8 Å². The number of rotatable bonds is 5. The Bertz CT molecular complexity index is 1630. The van der Waals surface area contributed by atoms with E-state index in [2.05, 4.69) is 49.5 Å². The van der Waals surface area contributed by atoms with Gasteiger partial charge in [-0.1, -0.05) is 68.4 Å². The highest BCUT2D eigenvalue weighted by molar-refractivity contribution is 6.12. The summed E-state index contributed by atoms with van der Waals surface area (Å²) in [4.78, 5) is 26.5. The molecule has 1 atom stereocenters. The molecule has 0 saturated heterocycles. The predicted octanol–water partition coefficient (Wildman–Crippen LogP) is 7.77. The summed E-state index contributed by atoms with van der Waals surface area (Å²) in [6.07, 6.45) is 1.31. The van der Waals surface area contributed by atoms with Crippen LogP contribution >= 0.6 is 0 Å². The van der Waals surface area contributed by atoms with Crippen molar-refractivity contribution in [1.82, 2.24) is 0 Å². The molecule has 196 valence electrons. The summed E-state index contributed by atoms with van der Waals surface area (Å²) in [5, 5.41) is 5.98. The molecule has 1 aliphatic heterocycles. The number of ketones is 1. The molecule has 0 spiro atoms. The smallest absolute Gasteiger partial charge is 0.343 e. The van der Waals surface area contributed by atoms with E-state index in [1.165, 1.54) is 0 Å². The summed E-state index contributed by atoms with van der Waals surface area (Å²) < 4.78 is 11.6. The second kappa shape index (κ2) is 9.73. The molecule has 1 aliphatic carbocycles. The molecule has 4 aromatic rings. The molecule has 0 bridgehead atoms. The van der Waals surface area contributed by atoms with Crippen molar-refractivity contribution in [2.45, 2.75) is 39.7 Å². The van der Waals surface area contributed by atoms with E-state index in [9.17, 15) is 9.59 Å². The van der Waals surface area contributed by atoms with E-state index in [-0.39, 0.29) is 17.2 Å². The van der Waals surface area contributed by atoms with Crippen LogP contribution in [0.4, 0.5) is 5.69 Å². The van der Waals surface area contributed by atoms with Crippen molar-refractivity contribution in [2.75, 3.05) is 11.9 Å². The Morgan fingerprint density at radius 3 is 2.49 bits per heavy atom. The third-order valence-electron chi connectivity index (χ3n) is 7.55. The minimum absolute atomic E-state index is 0.127.